The lowest BCUT2D eigenvalue weighted by atomic mass is 10.2. The van der Waals surface area contributed by atoms with Gasteiger partial charge in [-0.1, -0.05) is 18.7 Å². The van der Waals surface area contributed by atoms with Crippen LogP contribution in [0.3, 0.4) is 0 Å². The second-order valence-corrected chi connectivity index (χ2v) is 6.68. The number of hydrogen-bond acceptors (Lipinski definition) is 7. The first-order chi connectivity index (χ1) is 13.9. The summed E-state index contributed by atoms with van der Waals surface area (Å²) in [7, 11) is 0. The molecule has 2 atom stereocenters. The van der Waals surface area contributed by atoms with Crippen molar-refractivity contribution in [2.75, 3.05) is 26.4 Å². The summed E-state index contributed by atoms with van der Waals surface area (Å²) in [5.41, 5.74) is 0.266. The lowest BCUT2D eigenvalue weighted by molar-refractivity contribution is -0.142. The van der Waals surface area contributed by atoms with Crippen LogP contribution in [0.25, 0.3) is 0 Å². The van der Waals surface area contributed by atoms with Crippen molar-refractivity contribution in [2.45, 2.75) is 32.0 Å². The topological polar surface area (TPSA) is 94.5 Å². The Hall–Kier alpha value is -2.77. The third-order valence-corrected chi connectivity index (χ3v) is 3.85. The third kappa shape index (κ3) is 8.85. The molecule has 0 fully saturated rings. The van der Waals surface area contributed by atoms with E-state index in [4.69, 9.17) is 18.9 Å². The first-order valence-corrected chi connectivity index (χ1v) is 9.48. The highest BCUT2D eigenvalue weighted by Crippen LogP contribution is 2.20. The first-order valence-electron chi connectivity index (χ1n) is 9.48. The van der Waals surface area contributed by atoms with Crippen LogP contribution in [0.15, 0.2) is 60.4 Å². The minimum absolute atomic E-state index is 0.0496. The van der Waals surface area contributed by atoms with E-state index in [0.717, 1.165) is 18.6 Å². The number of allylic oxidation sites excluding steroid dienone is 3. The molecule has 7 nitrogen and oxygen atoms in total. The molecule has 158 valence electrons. The molecule has 0 aromatic heterocycles. The van der Waals surface area contributed by atoms with Gasteiger partial charge in [0.25, 0.3) is 0 Å². The predicted molar refractivity (Wildman–Crippen MR) is 108 cm³/mol. The van der Waals surface area contributed by atoms with Crippen molar-refractivity contribution < 1.29 is 34.0 Å². The number of carbonyl (C=O) groups is 1. The van der Waals surface area contributed by atoms with E-state index in [2.05, 4.69) is 6.58 Å². The average molecular weight is 404 g/mol. The summed E-state index contributed by atoms with van der Waals surface area (Å²) in [6.45, 7) is 4.98. The van der Waals surface area contributed by atoms with Crippen molar-refractivity contribution in [3.63, 3.8) is 0 Å². The molecule has 0 amide bonds. The summed E-state index contributed by atoms with van der Waals surface area (Å²) in [5, 5.41) is 19.8. The monoisotopic (exact) mass is 404 g/mol. The highest BCUT2D eigenvalue weighted by Gasteiger charge is 2.11. The van der Waals surface area contributed by atoms with Crippen molar-refractivity contribution in [3.05, 3.63) is 60.4 Å². The number of aliphatic hydroxyl groups is 2. The quantitative estimate of drug-likeness (QED) is 0.408. The van der Waals surface area contributed by atoms with Gasteiger partial charge in [0.1, 0.15) is 55.9 Å². The van der Waals surface area contributed by atoms with Gasteiger partial charge in [0.2, 0.25) is 0 Å². The molecule has 0 radical (unpaired) electrons. The fraction of sp³-hybridized carbons (Fsp3) is 0.409. The second kappa shape index (κ2) is 11.9. The molecule has 1 aliphatic carbocycles. The zero-order valence-corrected chi connectivity index (χ0v) is 16.6. The number of benzene rings is 1. The first kappa shape index (κ1) is 22.5. The molecular formula is C22H28O7. The summed E-state index contributed by atoms with van der Waals surface area (Å²) in [4.78, 5) is 11.3. The molecule has 0 heterocycles. The van der Waals surface area contributed by atoms with Gasteiger partial charge in [-0.05, 0) is 44.1 Å². The van der Waals surface area contributed by atoms with Crippen LogP contribution in [-0.4, -0.2) is 54.8 Å². The van der Waals surface area contributed by atoms with Gasteiger partial charge in [0, 0.05) is 11.6 Å². The molecule has 1 aromatic rings. The fourth-order valence-electron chi connectivity index (χ4n) is 2.32. The summed E-state index contributed by atoms with van der Waals surface area (Å²) in [6, 6.07) is 6.82. The fourth-order valence-corrected chi connectivity index (χ4v) is 2.32. The molecule has 0 bridgehead atoms. The molecule has 0 saturated carbocycles. The number of carbonyl (C=O) groups excluding carboxylic acids is 1. The van der Waals surface area contributed by atoms with Gasteiger partial charge in [-0.15, -0.1) is 0 Å². The van der Waals surface area contributed by atoms with Crippen LogP contribution in [0, 0.1) is 0 Å². The van der Waals surface area contributed by atoms with E-state index in [1.54, 1.807) is 24.3 Å². The summed E-state index contributed by atoms with van der Waals surface area (Å²) in [6.07, 6.45) is 6.12. The Balaban J connectivity index is 1.70. The van der Waals surface area contributed by atoms with Gasteiger partial charge in [-0.3, -0.25) is 0 Å². The predicted octanol–water partition coefficient (Wildman–Crippen LogP) is 2.54. The highest BCUT2D eigenvalue weighted by atomic mass is 16.5. The van der Waals surface area contributed by atoms with Crippen molar-refractivity contribution in [1.29, 1.82) is 0 Å². The number of esters is 1. The minimum Gasteiger partial charge on any atom is -0.491 e. The summed E-state index contributed by atoms with van der Waals surface area (Å²) in [5.74, 6) is 1.20. The summed E-state index contributed by atoms with van der Waals surface area (Å²) < 4.78 is 21.5. The normalized spacial score (nSPS) is 15.1. The van der Waals surface area contributed by atoms with E-state index >= 15 is 0 Å². The van der Waals surface area contributed by atoms with Gasteiger partial charge in [-0.2, -0.15) is 0 Å². The van der Waals surface area contributed by atoms with Crippen LogP contribution < -0.4 is 9.47 Å². The lowest BCUT2D eigenvalue weighted by Gasteiger charge is -2.16. The Morgan fingerprint density at radius 2 is 1.66 bits per heavy atom. The van der Waals surface area contributed by atoms with E-state index in [9.17, 15) is 15.0 Å². The molecule has 29 heavy (non-hydrogen) atoms. The van der Waals surface area contributed by atoms with Crippen LogP contribution in [0.4, 0.5) is 0 Å². The van der Waals surface area contributed by atoms with Gasteiger partial charge in [0.15, 0.2) is 0 Å². The number of hydrogen-bond donors (Lipinski definition) is 2. The maximum absolute atomic E-state index is 11.3. The Morgan fingerprint density at radius 3 is 2.24 bits per heavy atom. The molecule has 0 saturated heterocycles. The van der Waals surface area contributed by atoms with E-state index in [1.807, 2.05) is 18.2 Å². The van der Waals surface area contributed by atoms with Crippen molar-refractivity contribution in [1.82, 2.24) is 0 Å². The molecule has 2 rings (SSSR count). The zero-order valence-electron chi connectivity index (χ0n) is 16.6. The Morgan fingerprint density at radius 1 is 1.03 bits per heavy atom. The Kier molecular flexibility index (Phi) is 9.27. The highest BCUT2D eigenvalue weighted by molar-refractivity contribution is 5.86. The zero-order chi connectivity index (χ0) is 21.1. The molecule has 0 aliphatic heterocycles. The van der Waals surface area contributed by atoms with Gasteiger partial charge in [-0.25, -0.2) is 4.79 Å². The second-order valence-electron chi connectivity index (χ2n) is 6.68. The Bertz CT molecular complexity index is 738. The molecule has 0 spiro atoms. The smallest absolute Gasteiger partial charge is 0.333 e. The Labute approximate surface area is 170 Å². The van der Waals surface area contributed by atoms with E-state index in [0.29, 0.717) is 11.5 Å². The van der Waals surface area contributed by atoms with Crippen LogP contribution >= 0.6 is 0 Å². The van der Waals surface area contributed by atoms with Gasteiger partial charge < -0.3 is 29.2 Å². The average Bonchev–Trinajstić information content (AvgIpc) is 2.74. The molecule has 1 aliphatic rings. The van der Waals surface area contributed by atoms with Crippen molar-refractivity contribution in [2.24, 2.45) is 0 Å². The summed E-state index contributed by atoms with van der Waals surface area (Å²) >= 11 is 0. The maximum Gasteiger partial charge on any atom is 0.333 e. The third-order valence-electron chi connectivity index (χ3n) is 3.85. The lowest BCUT2D eigenvalue weighted by Crippen LogP contribution is -2.25. The standard InChI is InChI=1S/C22H28O7/c1-16(2)22(25)29-15-18(24)14-28-21-10-6-9-20(11-21)27-13-17(23)12-26-19-7-4-3-5-8-19/h4,6-11,17-18,23-24H,1,3,5,12-15H2,2H3. The molecular weight excluding hydrogens is 376 g/mol. The van der Waals surface area contributed by atoms with Gasteiger partial charge in [0.05, 0.1) is 0 Å². The molecule has 2 N–H and O–H groups in total. The van der Waals surface area contributed by atoms with Crippen LogP contribution in [0.1, 0.15) is 19.8 Å². The van der Waals surface area contributed by atoms with E-state index in [1.165, 1.54) is 6.92 Å². The minimum atomic E-state index is -0.968. The van der Waals surface area contributed by atoms with Crippen LogP contribution in [-0.2, 0) is 14.3 Å². The number of ether oxygens (including phenoxy) is 4. The molecule has 1 aromatic carbocycles. The van der Waals surface area contributed by atoms with E-state index in [-0.39, 0.29) is 32.0 Å². The van der Waals surface area contributed by atoms with E-state index < -0.39 is 18.2 Å². The van der Waals surface area contributed by atoms with Crippen LogP contribution in [0.2, 0.25) is 0 Å². The van der Waals surface area contributed by atoms with Crippen LogP contribution in [0.5, 0.6) is 11.5 Å². The molecule has 2 unspecified atom stereocenters. The number of rotatable bonds is 12. The SMILES string of the molecule is C=C(C)C(=O)OCC(O)COc1cccc(OCC(O)COC2=CCCC=C2)c1. The van der Waals surface area contributed by atoms with Gasteiger partial charge >= 0.3 is 5.97 Å². The van der Waals surface area contributed by atoms with Crippen molar-refractivity contribution >= 4 is 5.97 Å². The molecule has 7 heteroatoms. The van der Waals surface area contributed by atoms with Crippen molar-refractivity contribution in [3.8, 4) is 11.5 Å². The maximum atomic E-state index is 11.3. The largest absolute Gasteiger partial charge is 0.491 e. The number of aliphatic hydroxyl groups excluding tert-OH is 2.